The van der Waals surface area contributed by atoms with Crippen molar-refractivity contribution in [2.24, 2.45) is 11.8 Å². The van der Waals surface area contributed by atoms with Crippen molar-refractivity contribution in [3.05, 3.63) is 16.6 Å². The van der Waals surface area contributed by atoms with Gasteiger partial charge in [-0.25, -0.2) is 0 Å². The van der Waals surface area contributed by atoms with Crippen LogP contribution in [0, 0.1) is 11.8 Å². The first-order valence-electron chi connectivity index (χ1n) is 6.25. The Morgan fingerprint density at radius 1 is 1.38 bits per heavy atom. The summed E-state index contributed by atoms with van der Waals surface area (Å²) in [6.07, 6.45) is 4.36. The average Bonchev–Trinajstić information content (AvgIpc) is 2.74. The molecular formula is C13H24N2S. The third-order valence-electron chi connectivity index (χ3n) is 3.14. The summed E-state index contributed by atoms with van der Waals surface area (Å²) in [4.78, 5) is 5.56. The molecule has 0 aliphatic carbocycles. The van der Waals surface area contributed by atoms with Crippen molar-refractivity contribution < 1.29 is 0 Å². The minimum atomic E-state index is 0.585. The Bertz CT molecular complexity index is 269. The van der Waals surface area contributed by atoms with Crippen molar-refractivity contribution in [3.63, 3.8) is 0 Å². The van der Waals surface area contributed by atoms with Gasteiger partial charge in [-0.1, -0.05) is 20.8 Å². The van der Waals surface area contributed by atoms with Crippen LogP contribution in [0.4, 0.5) is 0 Å². The van der Waals surface area contributed by atoms with Crippen molar-refractivity contribution in [2.45, 2.75) is 46.6 Å². The van der Waals surface area contributed by atoms with Gasteiger partial charge in [0.05, 0.1) is 5.51 Å². The molecule has 0 fully saturated rings. The van der Waals surface area contributed by atoms with Gasteiger partial charge >= 0.3 is 0 Å². The highest BCUT2D eigenvalue weighted by atomic mass is 32.1. The fourth-order valence-corrected chi connectivity index (χ4v) is 2.76. The van der Waals surface area contributed by atoms with Gasteiger partial charge in [0.25, 0.3) is 0 Å². The number of hydrogen-bond acceptors (Lipinski definition) is 3. The molecule has 0 radical (unpaired) electrons. The first-order chi connectivity index (χ1) is 7.65. The second kappa shape index (κ2) is 7.02. The highest BCUT2D eigenvalue weighted by Gasteiger charge is 2.21. The van der Waals surface area contributed by atoms with Crippen LogP contribution in [0.15, 0.2) is 11.7 Å². The first kappa shape index (κ1) is 13.7. The summed E-state index contributed by atoms with van der Waals surface area (Å²) in [7, 11) is 0. The molecule has 0 amide bonds. The Morgan fingerprint density at radius 3 is 2.62 bits per heavy atom. The first-order valence-corrected chi connectivity index (χ1v) is 7.13. The molecule has 1 aromatic heterocycles. The van der Waals surface area contributed by atoms with Crippen LogP contribution < -0.4 is 5.32 Å². The van der Waals surface area contributed by atoms with E-state index in [1.165, 1.54) is 11.3 Å². The van der Waals surface area contributed by atoms with E-state index in [0.29, 0.717) is 17.9 Å². The third-order valence-corrected chi connectivity index (χ3v) is 3.94. The largest absolute Gasteiger partial charge is 0.314 e. The lowest BCUT2D eigenvalue weighted by Gasteiger charge is -2.28. The number of thiazole rings is 1. The SMILES string of the molecule is CCCNC(C)C(Cc1cncs1)C(C)C. The maximum absolute atomic E-state index is 4.15. The zero-order valence-corrected chi connectivity index (χ0v) is 11.7. The van der Waals surface area contributed by atoms with E-state index in [2.05, 4.69) is 38.0 Å². The monoisotopic (exact) mass is 240 g/mol. The smallest absolute Gasteiger partial charge is 0.0794 e. The van der Waals surface area contributed by atoms with E-state index >= 15 is 0 Å². The van der Waals surface area contributed by atoms with Gasteiger partial charge in [0.15, 0.2) is 0 Å². The molecule has 0 aliphatic rings. The lowest BCUT2D eigenvalue weighted by atomic mass is 9.86. The van der Waals surface area contributed by atoms with Crippen molar-refractivity contribution in [1.29, 1.82) is 0 Å². The molecule has 1 heterocycles. The van der Waals surface area contributed by atoms with Gasteiger partial charge in [-0.2, -0.15) is 0 Å². The molecule has 1 N–H and O–H groups in total. The van der Waals surface area contributed by atoms with Gasteiger partial charge in [-0.3, -0.25) is 4.98 Å². The Hall–Kier alpha value is -0.410. The van der Waals surface area contributed by atoms with Crippen LogP contribution in [0.1, 0.15) is 39.0 Å². The van der Waals surface area contributed by atoms with E-state index in [-0.39, 0.29) is 0 Å². The summed E-state index contributed by atoms with van der Waals surface area (Å²) in [6.45, 7) is 10.3. The number of nitrogens with one attached hydrogen (secondary N) is 1. The molecule has 1 rings (SSSR count). The maximum atomic E-state index is 4.15. The van der Waals surface area contributed by atoms with Gasteiger partial charge < -0.3 is 5.32 Å². The molecule has 2 unspecified atom stereocenters. The molecule has 16 heavy (non-hydrogen) atoms. The van der Waals surface area contributed by atoms with Gasteiger partial charge in [0.2, 0.25) is 0 Å². The number of aromatic nitrogens is 1. The fraction of sp³-hybridized carbons (Fsp3) is 0.769. The van der Waals surface area contributed by atoms with Gasteiger partial charge in [-0.15, -0.1) is 11.3 Å². The molecule has 0 aromatic carbocycles. The molecule has 0 bridgehead atoms. The normalized spacial score (nSPS) is 15.3. The van der Waals surface area contributed by atoms with Crippen molar-refractivity contribution >= 4 is 11.3 Å². The molecule has 0 saturated heterocycles. The lowest BCUT2D eigenvalue weighted by Crippen LogP contribution is -2.37. The Morgan fingerprint density at radius 2 is 2.12 bits per heavy atom. The second-order valence-corrected chi connectivity index (χ2v) is 5.79. The second-order valence-electron chi connectivity index (χ2n) is 4.82. The number of nitrogens with zero attached hydrogens (tertiary/aromatic N) is 1. The summed E-state index contributed by atoms with van der Waals surface area (Å²) in [5.41, 5.74) is 1.93. The number of hydrogen-bond donors (Lipinski definition) is 1. The maximum Gasteiger partial charge on any atom is 0.0794 e. The summed E-state index contributed by atoms with van der Waals surface area (Å²) in [5.74, 6) is 1.41. The molecule has 92 valence electrons. The van der Waals surface area contributed by atoms with Crippen molar-refractivity contribution in [3.8, 4) is 0 Å². The highest BCUT2D eigenvalue weighted by molar-refractivity contribution is 7.09. The molecule has 1 aromatic rings. The summed E-state index contributed by atoms with van der Waals surface area (Å²) in [5, 5.41) is 3.61. The quantitative estimate of drug-likeness (QED) is 0.790. The van der Waals surface area contributed by atoms with Crippen LogP contribution in [-0.4, -0.2) is 17.6 Å². The minimum Gasteiger partial charge on any atom is -0.314 e. The standard InChI is InChI=1S/C13H24N2S/c1-5-6-15-11(4)13(10(2)3)7-12-8-14-9-16-12/h8-11,13,15H,5-7H2,1-4H3. The zero-order valence-electron chi connectivity index (χ0n) is 10.9. The lowest BCUT2D eigenvalue weighted by molar-refractivity contribution is 0.290. The predicted octanol–water partition coefficient (Wildman–Crippen LogP) is 3.35. The van der Waals surface area contributed by atoms with E-state index in [9.17, 15) is 0 Å². The molecule has 0 aliphatic heterocycles. The van der Waals surface area contributed by atoms with Crippen LogP contribution in [0.5, 0.6) is 0 Å². The summed E-state index contributed by atoms with van der Waals surface area (Å²) < 4.78 is 0. The van der Waals surface area contributed by atoms with Crippen LogP contribution in [0.25, 0.3) is 0 Å². The van der Waals surface area contributed by atoms with E-state index in [0.717, 1.165) is 13.0 Å². The van der Waals surface area contributed by atoms with Crippen molar-refractivity contribution in [2.75, 3.05) is 6.54 Å². The minimum absolute atomic E-state index is 0.585. The molecule has 3 heteroatoms. The van der Waals surface area contributed by atoms with E-state index in [4.69, 9.17) is 0 Å². The van der Waals surface area contributed by atoms with E-state index in [1.807, 2.05) is 11.7 Å². The Balaban J connectivity index is 2.53. The molecular weight excluding hydrogens is 216 g/mol. The summed E-state index contributed by atoms with van der Waals surface area (Å²) >= 11 is 1.77. The van der Waals surface area contributed by atoms with Gasteiger partial charge in [0, 0.05) is 17.1 Å². The molecule has 2 atom stereocenters. The molecule has 0 saturated carbocycles. The molecule has 0 spiro atoms. The van der Waals surface area contributed by atoms with E-state index in [1.54, 1.807) is 11.3 Å². The van der Waals surface area contributed by atoms with Crippen LogP contribution in [0.3, 0.4) is 0 Å². The Labute approximate surface area is 103 Å². The van der Waals surface area contributed by atoms with Gasteiger partial charge in [-0.05, 0) is 38.1 Å². The third kappa shape index (κ3) is 4.22. The predicted molar refractivity (Wildman–Crippen MR) is 71.9 cm³/mol. The summed E-state index contributed by atoms with van der Waals surface area (Å²) in [6, 6.07) is 0.585. The van der Waals surface area contributed by atoms with Crippen molar-refractivity contribution in [1.82, 2.24) is 10.3 Å². The van der Waals surface area contributed by atoms with Crippen LogP contribution in [-0.2, 0) is 6.42 Å². The topological polar surface area (TPSA) is 24.9 Å². The Kier molecular flexibility index (Phi) is 5.99. The molecule has 2 nitrogen and oxygen atoms in total. The average molecular weight is 240 g/mol. The van der Waals surface area contributed by atoms with Crippen LogP contribution >= 0.6 is 11.3 Å². The zero-order chi connectivity index (χ0) is 12.0. The van der Waals surface area contributed by atoms with Gasteiger partial charge in [0.1, 0.15) is 0 Å². The number of rotatable bonds is 7. The van der Waals surface area contributed by atoms with E-state index < -0.39 is 0 Å². The van der Waals surface area contributed by atoms with Crippen LogP contribution in [0.2, 0.25) is 0 Å². The highest BCUT2D eigenvalue weighted by Crippen LogP contribution is 2.22. The fourth-order valence-electron chi connectivity index (χ4n) is 2.09.